The smallest absolute Gasteiger partial charge is 0.191 e. The zero-order valence-corrected chi connectivity index (χ0v) is 15.4. The van der Waals surface area contributed by atoms with Crippen LogP contribution >= 0.6 is 0 Å². The molecule has 26 heavy (non-hydrogen) atoms. The number of aliphatic imine (C=N–C) groups is 1. The topological polar surface area (TPSA) is 80.3 Å². The Morgan fingerprint density at radius 2 is 2.12 bits per heavy atom. The third kappa shape index (κ3) is 4.62. The van der Waals surface area contributed by atoms with Gasteiger partial charge in [-0.15, -0.1) is 10.2 Å². The van der Waals surface area contributed by atoms with Gasteiger partial charge in [-0.25, -0.2) is 0 Å². The summed E-state index contributed by atoms with van der Waals surface area (Å²) in [6.07, 6.45) is 3.43. The number of aryl methyl sites for hydroxylation is 1. The molecule has 0 aliphatic heterocycles. The van der Waals surface area contributed by atoms with Gasteiger partial charge in [-0.3, -0.25) is 4.99 Å². The minimum Gasteiger partial charge on any atom is -0.461 e. The highest BCUT2D eigenvalue weighted by atomic mass is 16.3. The predicted octanol–water partition coefficient (Wildman–Crippen LogP) is 2.38. The van der Waals surface area contributed by atoms with Gasteiger partial charge in [0.1, 0.15) is 23.5 Å². The molecule has 2 aromatic heterocycles. The number of guanidine groups is 1. The highest BCUT2D eigenvalue weighted by molar-refractivity contribution is 5.80. The molecule has 1 aromatic carbocycles. The van der Waals surface area contributed by atoms with Crippen molar-refractivity contribution in [2.45, 2.75) is 33.2 Å². The molecule has 0 fully saturated rings. The molecule has 3 aromatic rings. The van der Waals surface area contributed by atoms with Gasteiger partial charge in [-0.2, -0.15) is 0 Å². The van der Waals surface area contributed by atoms with Crippen LogP contribution in [0.15, 0.2) is 46.1 Å². The molecule has 2 N–H and O–H groups in total. The Labute approximate surface area is 153 Å². The lowest BCUT2D eigenvalue weighted by atomic mass is 10.2. The molecular weight excluding hydrogens is 328 g/mol. The molecule has 0 saturated heterocycles. The van der Waals surface area contributed by atoms with Crippen LogP contribution in [0.4, 0.5) is 0 Å². The quantitative estimate of drug-likeness (QED) is 0.480. The Morgan fingerprint density at radius 3 is 2.92 bits per heavy atom. The highest BCUT2D eigenvalue weighted by Crippen LogP contribution is 2.18. The van der Waals surface area contributed by atoms with Crippen molar-refractivity contribution in [3.05, 3.63) is 48.2 Å². The standard InChI is InChI=1S/C19H26N6O/c1-3-18-24-23-14-25(18)12-11-22-19(20-4-2)21-10-9-16-13-15-7-5-6-8-17(15)26-16/h5-8,13-14H,3-4,9-12H2,1-2H3,(H2,20,21,22). The van der Waals surface area contributed by atoms with Crippen molar-refractivity contribution in [1.82, 2.24) is 25.4 Å². The van der Waals surface area contributed by atoms with Crippen LogP contribution < -0.4 is 10.6 Å². The third-order valence-electron chi connectivity index (χ3n) is 4.11. The van der Waals surface area contributed by atoms with Crippen LogP contribution in [-0.4, -0.2) is 40.4 Å². The van der Waals surface area contributed by atoms with E-state index in [2.05, 4.69) is 56.4 Å². The summed E-state index contributed by atoms with van der Waals surface area (Å²) in [4.78, 5) is 4.63. The maximum atomic E-state index is 5.84. The van der Waals surface area contributed by atoms with Crippen molar-refractivity contribution >= 4 is 16.9 Å². The number of nitrogens with one attached hydrogen (secondary N) is 2. The predicted molar refractivity (Wildman–Crippen MR) is 103 cm³/mol. The second-order valence-corrected chi connectivity index (χ2v) is 5.98. The second kappa shape index (κ2) is 9.03. The Hall–Kier alpha value is -2.83. The third-order valence-corrected chi connectivity index (χ3v) is 4.11. The second-order valence-electron chi connectivity index (χ2n) is 5.98. The van der Waals surface area contributed by atoms with E-state index in [0.29, 0.717) is 6.54 Å². The summed E-state index contributed by atoms with van der Waals surface area (Å²) in [5.74, 6) is 2.77. The van der Waals surface area contributed by atoms with E-state index in [-0.39, 0.29) is 0 Å². The first kappa shape index (κ1) is 18.0. The van der Waals surface area contributed by atoms with Gasteiger partial charge in [0.05, 0.1) is 0 Å². The first-order chi connectivity index (χ1) is 12.8. The monoisotopic (exact) mass is 354 g/mol. The van der Waals surface area contributed by atoms with Gasteiger partial charge >= 0.3 is 0 Å². The van der Waals surface area contributed by atoms with Crippen LogP contribution in [0.3, 0.4) is 0 Å². The van der Waals surface area contributed by atoms with E-state index < -0.39 is 0 Å². The van der Waals surface area contributed by atoms with Crippen molar-refractivity contribution in [1.29, 1.82) is 0 Å². The highest BCUT2D eigenvalue weighted by Gasteiger charge is 2.04. The Bertz CT molecular complexity index is 817. The number of nitrogens with zero attached hydrogens (tertiary/aromatic N) is 4. The fraction of sp³-hybridized carbons (Fsp3) is 0.421. The lowest BCUT2D eigenvalue weighted by Crippen LogP contribution is -2.39. The van der Waals surface area contributed by atoms with E-state index in [1.54, 1.807) is 6.33 Å². The van der Waals surface area contributed by atoms with Crippen LogP contribution in [0, 0.1) is 0 Å². The van der Waals surface area contributed by atoms with Crippen molar-refractivity contribution in [3.63, 3.8) is 0 Å². The summed E-state index contributed by atoms with van der Waals surface area (Å²) in [6, 6.07) is 10.1. The number of benzene rings is 1. The molecule has 0 unspecified atom stereocenters. The van der Waals surface area contributed by atoms with Crippen molar-refractivity contribution in [3.8, 4) is 0 Å². The molecule has 0 aliphatic carbocycles. The number of hydrogen-bond donors (Lipinski definition) is 2. The van der Waals surface area contributed by atoms with Crippen LogP contribution in [0.1, 0.15) is 25.4 Å². The molecule has 0 saturated carbocycles. The number of fused-ring (bicyclic) bond motifs is 1. The first-order valence-corrected chi connectivity index (χ1v) is 9.16. The molecule has 0 spiro atoms. The van der Waals surface area contributed by atoms with E-state index in [1.165, 1.54) is 0 Å². The fourth-order valence-corrected chi connectivity index (χ4v) is 2.81. The normalized spacial score (nSPS) is 11.8. The summed E-state index contributed by atoms with van der Waals surface area (Å²) in [5.41, 5.74) is 0.928. The lowest BCUT2D eigenvalue weighted by Gasteiger charge is -2.12. The van der Waals surface area contributed by atoms with Crippen molar-refractivity contribution in [2.75, 3.05) is 19.6 Å². The number of hydrogen-bond acceptors (Lipinski definition) is 4. The zero-order chi connectivity index (χ0) is 18.2. The summed E-state index contributed by atoms with van der Waals surface area (Å²) in [7, 11) is 0. The number of aromatic nitrogens is 3. The van der Waals surface area contributed by atoms with E-state index >= 15 is 0 Å². The van der Waals surface area contributed by atoms with E-state index in [1.807, 2.05) is 18.2 Å². The molecule has 0 atom stereocenters. The summed E-state index contributed by atoms with van der Waals surface area (Å²) in [6.45, 7) is 7.21. The molecular formula is C19H26N6O. The van der Waals surface area contributed by atoms with Crippen molar-refractivity contribution in [2.24, 2.45) is 4.99 Å². The van der Waals surface area contributed by atoms with Crippen LogP contribution in [-0.2, 0) is 19.4 Å². The Morgan fingerprint density at radius 1 is 1.23 bits per heavy atom. The van der Waals surface area contributed by atoms with Crippen LogP contribution in [0.2, 0.25) is 0 Å². The summed E-state index contributed by atoms with van der Waals surface area (Å²) >= 11 is 0. The van der Waals surface area contributed by atoms with E-state index in [9.17, 15) is 0 Å². The van der Waals surface area contributed by atoms with Gasteiger partial charge in [-0.1, -0.05) is 25.1 Å². The largest absolute Gasteiger partial charge is 0.461 e. The fourth-order valence-electron chi connectivity index (χ4n) is 2.81. The summed E-state index contributed by atoms with van der Waals surface area (Å²) < 4.78 is 7.90. The zero-order valence-electron chi connectivity index (χ0n) is 15.4. The van der Waals surface area contributed by atoms with Crippen LogP contribution in [0.25, 0.3) is 11.0 Å². The van der Waals surface area contributed by atoms with Gasteiger partial charge < -0.3 is 19.6 Å². The van der Waals surface area contributed by atoms with Crippen molar-refractivity contribution < 1.29 is 4.42 Å². The van der Waals surface area contributed by atoms with E-state index in [4.69, 9.17) is 4.42 Å². The number of para-hydroxylation sites is 1. The summed E-state index contributed by atoms with van der Waals surface area (Å²) in [5, 5.41) is 15.8. The molecule has 7 nitrogen and oxygen atoms in total. The molecule has 0 amide bonds. The average Bonchev–Trinajstić information content (AvgIpc) is 3.27. The minimum absolute atomic E-state index is 0.669. The molecule has 0 bridgehead atoms. The SMILES string of the molecule is CCNC(=NCCc1cc2ccccc2o1)NCCn1cnnc1CC. The van der Waals surface area contributed by atoms with Gasteiger partial charge in [0.2, 0.25) is 0 Å². The number of furan rings is 1. The first-order valence-electron chi connectivity index (χ1n) is 9.16. The lowest BCUT2D eigenvalue weighted by molar-refractivity contribution is 0.550. The van der Waals surface area contributed by atoms with Gasteiger partial charge in [0, 0.05) is 44.4 Å². The molecule has 0 radical (unpaired) electrons. The van der Waals surface area contributed by atoms with Gasteiger partial charge in [0.15, 0.2) is 5.96 Å². The van der Waals surface area contributed by atoms with Gasteiger partial charge in [0.25, 0.3) is 0 Å². The average molecular weight is 354 g/mol. The molecule has 2 heterocycles. The Balaban J connectivity index is 1.51. The van der Waals surface area contributed by atoms with E-state index in [0.717, 1.165) is 61.0 Å². The molecule has 7 heteroatoms. The van der Waals surface area contributed by atoms with Gasteiger partial charge in [-0.05, 0) is 19.1 Å². The molecule has 138 valence electrons. The Kier molecular flexibility index (Phi) is 6.24. The minimum atomic E-state index is 0.669. The maximum Gasteiger partial charge on any atom is 0.191 e. The number of rotatable bonds is 8. The molecule has 0 aliphatic rings. The maximum absolute atomic E-state index is 5.84. The van der Waals surface area contributed by atoms with Crippen LogP contribution in [0.5, 0.6) is 0 Å². The molecule has 3 rings (SSSR count).